The molecule has 0 saturated heterocycles. The van der Waals surface area contributed by atoms with Crippen molar-refractivity contribution in [3.8, 4) is 0 Å². The van der Waals surface area contributed by atoms with Gasteiger partial charge in [0.1, 0.15) is 0 Å². The number of aryl methyl sites for hydroxylation is 1. The third kappa shape index (κ3) is 2.39. The first kappa shape index (κ1) is 15.4. The lowest BCUT2D eigenvalue weighted by Gasteiger charge is -2.25. The highest BCUT2D eigenvalue weighted by Gasteiger charge is 2.39. The summed E-state index contributed by atoms with van der Waals surface area (Å²) in [6.45, 7) is 2.33. The molecule has 0 saturated carbocycles. The Morgan fingerprint density at radius 3 is 2.68 bits per heavy atom. The molecule has 2 amide bonds. The molecule has 3 aromatic rings. The summed E-state index contributed by atoms with van der Waals surface area (Å²) in [6.07, 6.45) is 0.150. The summed E-state index contributed by atoms with van der Waals surface area (Å²) in [4.78, 5) is 29.4. The Balaban J connectivity index is 1.90. The van der Waals surface area contributed by atoms with Crippen LogP contribution in [0.1, 0.15) is 39.6 Å². The van der Waals surface area contributed by atoms with Crippen LogP contribution in [0.25, 0.3) is 10.9 Å². The number of carbonyl (C=O) groups excluding carboxylic acids is 2. The molecule has 4 rings (SSSR count). The lowest BCUT2D eigenvalue weighted by atomic mass is 9.95. The Bertz CT molecular complexity index is 990. The van der Waals surface area contributed by atoms with Crippen LogP contribution >= 0.6 is 0 Å². The zero-order valence-corrected chi connectivity index (χ0v) is 14.0. The number of aromatic amines is 1. The van der Waals surface area contributed by atoms with E-state index in [2.05, 4.69) is 11.1 Å². The molecule has 5 nitrogen and oxygen atoms in total. The highest BCUT2D eigenvalue weighted by molar-refractivity contribution is 6.01. The standard InChI is InChI=1S/C20H19N3O2/c1-12-18(15-8-4-5-9-16(15)22-12)19-13-6-2-3-7-14(13)20(25)23(19)11-10-17(21)24/h2-9,19,22H,10-11H2,1H3,(H2,21,24). The number of benzene rings is 2. The van der Waals surface area contributed by atoms with Crippen molar-refractivity contribution in [2.45, 2.75) is 19.4 Å². The summed E-state index contributed by atoms with van der Waals surface area (Å²) in [5, 5.41) is 1.10. The fraction of sp³-hybridized carbons (Fsp3) is 0.200. The van der Waals surface area contributed by atoms with Gasteiger partial charge in [0, 0.05) is 40.7 Å². The van der Waals surface area contributed by atoms with Gasteiger partial charge < -0.3 is 15.6 Å². The molecule has 126 valence electrons. The van der Waals surface area contributed by atoms with Crippen LogP contribution in [0.4, 0.5) is 0 Å². The number of hydrogen-bond donors (Lipinski definition) is 2. The molecule has 2 heterocycles. The number of primary amides is 1. The monoisotopic (exact) mass is 333 g/mol. The van der Waals surface area contributed by atoms with E-state index in [1.54, 1.807) is 4.90 Å². The predicted octanol–water partition coefficient (Wildman–Crippen LogP) is 2.90. The van der Waals surface area contributed by atoms with Gasteiger partial charge in [-0.15, -0.1) is 0 Å². The number of para-hydroxylation sites is 1. The maximum absolute atomic E-state index is 12.9. The van der Waals surface area contributed by atoms with Crippen LogP contribution in [0.3, 0.4) is 0 Å². The van der Waals surface area contributed by atoms with E-state index < -0.39 is 5.91 Å². The van der Waals surface area contributed by atoms with Crippen LogP contribution in [0.5, 0.6) is 0 Å². The van der Waals surface area contributed by atoms with Crippen molar-refractivity contribution in [2.24, 2.45) is 5.73 Å². The third-order valence-corrected chi connectivity index (χ3v) is 4.87. The molecule has 1 unspecified atom stereocenters. The highest BCUT2D eigenvalue weighted by atomic mass is 16.2. The van der Waals surface area contributed by atoms with Crippen LogP contribution in [0.2, 0.25) is 0 Å². The maximum Gasteiger partial charge on any atom is 0.255 e. The van der Waals surface area contributed by atoms with Crippen molar-refractivity contribution < 1.29 is 9.59 Å². The summed E-state index contributed by atoms with van der Waals surface area (Å²) >= 11 is 0. The third-order valence-electron chi connectivity index (χ3n) is 4.87. The molecule has 0 aliphatic carbocycles. The first-order chi connectivity index (χ1) is 12.1. The van der Waals surface area contributed by atoms with E-state index in [4.69, 9.17) is 5.73 Å². The van der Waals surface area contributed by atoms with Gasteiger partial charge in [-0.3, -0.25) is 9.59 Å². The summed E-state index contributed by atoms with van der Waals surface area (Å²) in [5.74, 6) is -0.454. The van der Waals surface area contributed by atoms with Crippen LogP contribution in [0.15, 0.2) is 48.5 Å². The molecule has 0 spiro atoms. The van der Waals surface area contributed by atoms with Gasteiger partial charge in [0.15, 0.2) is 0 Å². The Hall–Kier alpha value is -3.08. The van der Waals surface area contributed by atoms with Crippen molar-refractivity contribution >= 4 is 22.7 Å². The van der Waals surface area contributed by atoms with E-state index >= 15 is 0 Å². The average molecular weight is 333 g/mol. The largest absolute Gasteiger partial charge is 0.370 e. The van der Waals surface area contributed by atoms with Gasteiger partial charge in [0.05, 0.1) is 6.04 Å². The van der Waals surface area contributed by atoms with Crippen LogP contribution in [-0.4, -0.2) is 28.2 Å². The number of fused-ring (bicyclic) bond motifs is 2. The van der Waals surface area contributed by atoms with Crippen molar-refractivity contribution in [1.29, 1.82) is 0 Å². The maximum atomic E-state index is 12.9. The number of rotatable bonds is 4. The Kier molecular flexibility index (Phi) is 3.57. The Morgan fingerprint density at radius 2 is 1.88 bits per heavy atom. The van der Waals surface area contributed by atoms with Crippen molar-refractivity contribution in [3.05, 3.63) is 70.9 Å². The van der Waals surface area contributed by atoms with Crippen molar-refractivity contribution in [2.75, 3.05) is 6.54 Å². The van der Waals surface area contributed by atoms with Gasteiger partial charge in [0.2, 0.25) is 5.91 Å². The van der Waals surface area contributed by atoms with Crippen molar-refractivity contribution in [3.63, 3.8) is 0 Å². The fourth-order valence-electron chi connectivity index (χ4n) is 3.79. The van der Waals surface area contributed by atoms with Crippen LogP contribution < -0.4 is 5.73 Å². The number of hydrogen-bond acceptors (Lipinski definition) is 2. The van der Waals surface area contributed by atoms with E-state index in [9.17, 15) is 9.59 Å². The van der Waals surface area contributed by atoms with E-state index in [-0.39, 0.29) is 18.4 Å². The predicted molar refractivity (Wildman–Crippen MR) is 96.2 cm³/mol. The number of carbonyl (C=O) groups is 2. The molecule has 25 heavy (non-hydrogen) atoms. The summed E-state index contributed by atoms with van der Waals surface area (Å²) in [6, 6.07) is 15.5. The second kappa shape index (κ2) is 5.77. The summed E-state index contributed by atoms with van der Waals surface area (Å²) < 4.78 is 0. The topological polar surface area (TPSA) is 79.2 Å². The number of aromatic nitrogens is 1. The Morgan fingerprint density at radius 1 is 1.16 bits per heavy atom. The average Bonchev–Trinajstić information content (AvgIpc) is 3.07. The molecule has 0 radical (unpaired) electrons. The first-order valence-corrected chi connectivity index (χ1v) is 8.33. The molecule has 1 aliphatic rings. The number of amides is 2. The van der Waals surface area contributed by atoms with E-state index in [0.717, 1.165) is 27.7 Å². The zero-order chi connectivity index (χ0) is 17.6. The van der Waals surface area contributed by atoms with Crippen molar-refractivity contribution in [1.82, 2.24) is 9.88 Å². The first-order valence-electron chi connectivity index (χ1n) is 8.33. The van der Waals surface area contributed by atoms with Gasteiger partial charge in [-0.2, -0.15) is 0 Å². The van der Waals surface area contributed by atoms with Gasteiger partial charge in [-0.25, -0.2) is 0 Å². The summed E-state index contributed by atoms with van der Waals surface area (Å²) in [7, 11) is 0. The number of nitrogens with one attached hydrogen (secondary N) is 1. The lowest BCUT2D eigenvalue weighted by molar-refractivity contribution is -0.118. The molecule has 0 bridgehead atoms. The molecular formula is C20H19N3O2. The fourth-order valence-corrected chi connectivity index (χ4v) is 3.79. The second-order valence-electron chi connectivity index (χ2n) is 6.41. The van der Waals surface area contributed by atoms with E-state index in [1.165, 1.54) is 0 Å². The van der Waals surface area contributed by atoms with Crippen LogP contribution in [-0.2, 0) is 4.79 Å². The van der Waals surface area contributed by atoms with Gasteiger partial charge in [0.25, 0.3) is 5.91 Å². The Labute approximate surface area is 145 Å². The molecule has 1 aromatic heterocycles. The van der Waals surface area contributed by atoms with Gasteiger partial charge in [-0.05, 0) is 24.6 Å². The highest BCUT2D eigenvalue weighted by Crippen LogP contribution is 2.42. The molecule has 1 aliphatic heterocycles. The minimum absolute atomic E-state index is 0.0495. The SMILES string of the molecule is Cc1[nH]c2ccccc2c1C1c2ccccc2C(=O)N1CCC(N)=O. The number of nitrogens with zero attached hydrogens (tertiary/aromatic N) is 1. The van der Waals surface area contributed by atoms with E-state index in [1.807, 2.05) is 49.4 Å². The molecule has 3 N–H and O–H groups in total. The molecular weight excluding hydrogens is 314 g/mol. The molecule has 1 atom stereocenters. The summed E-state index contributed by atoms with van der Waals surface area (Å²) in [5.41, 5.74) is 10.1. The number of H-pyrrole nitrogens is 1. The lowest BCUT2D eigenvalue weighted by Crippen LogP contribution is -2.32. The van der Waals surface area contributed by atoms with Crippen LogP contribution in [0, 0.1) is 6.92 Å². The minimum Gasteiger partial charge on any atom is -0.370 e. The minimum atomic E-state index is -0.404. The van der Waals surface area contributed by atoms with Gasteiger partial charge >= 0.3 is 0 Å². The molecule has 5 heteroatoms. The normalized spacial score (nSPS) is 16.4. The quantitative estimate of drug-likeness (QED) is 0.770. The van der Waals surface area contributed by atoms with Gasteiger partial charge in [-0.1, -0.05) is 36.4 Å². The second-order valence-corrected chi connectivity index (χ2v) is 6.41. The molecule has 0 fully saturated rings. The zero-order valence-electron chi connectivity index (χ0n) is 14.0. The number of nitrogens with two attached hydrogens (primary N) is 1. The molecule has 2 aromatic carbocycles. The smallest absolute Gasteiger partial charge is 0.255 e. The van der Waals surface area contributed by atoms with E-state index in [0.29, 0.717) is 12.1 Å².